The van der Waals surface area contributed by atoms with Crippen LogP contribution in [-0.2, 0) is 18.8 Å². The van der Waals surface area contributed by atoms with Crippen molar-refractivity contribution in [3.8, 4) is 11.6 Å². The first-order chi connectivity index (χ1) is 14.7. The minimum Gasteiger partial charge on any atom is -0.461 e. The van der Waals surface area contributed by atoms with Crippen LogP contribution in [0.15, 0.2) is 71.0 Å². The Kier molecular flexibility index (Phi) is 6.35. The summed E-state index contributed by atoms with van der Waals surface area (Å²) in [6.07, 6.45) is 3.38. The normalized spacial score (nSPS) is 10.8. The monoisotopic (exact) mass is 438 g/mol. The van der Waals surface area contributed by atoms with Gasteiger partial charge in [0.15, 0.2) is 10.9 Å². The van der Waals surface area contributed by atoms with E-state index in [9.17, 15) is 4.79 Å². The maximum absolute atomic E-state index is 12.3. The topological polar surface area (TPSA) is 98.7 Å². The second-order valence-electron chi connectivity index (χ2n) is 6.14. The number of hydrogen-bond acceptors (Lipinski definition) is 8. The molecule has 0 bridgehead atoms. The van der Waals surface area contributed by atoms with Crippen molar-refractivity contribution in [1.29, 1.82) is 0 Å². The van der Waals surface area contributed by atoms with Gasteiger partial charge in [0.1, 0.15) is 5.01 Å². The zero-order valence-electron chi connectivity index (χ0n) is 15.9. The Bertz CT molecular complexity index is 1120. The number of furan rings is 1. The molecule has 0 atom stereocenters. The molecule has 10 heteroatoms. The van der Waals surface area contributed by atoms with Crippen LogP contribution in [-0.4, -0.2) is 30.9 Å². The Morgan fingerprint density at radius 1 is 1.17 bits per heavy atom. The molecule has 0 radical (unpaired) electrons. The van der Waals surface area contributed by atoms with Crippen molar-refractivity contribution in [2.24, 2.45) is 0 Å². The molecule has 3 aromatic heterocycles. The summed E-state index contributed by atoms with van der Waals surface area (Å²) in [6.45, 7) is 4.80. The molecule has 4 aromatic rings. The first-order valence-electron chi connectivity index (χ1n) is 9.10. The standard InChI is InChI=1S/C20H18N6O2S2/c1-2-10-26-17(15-9-6-11-28-15)23-25-20(26)29-13-16-22-24-19(30-16)18(27)21-12-14-7-4-3-5-8-14/h2-9,11H,1,10,12-13H2,(H,21,27). The van der Waals surface area contributed by atoms with Crippen LogP contribution >= 0.6 is 23.1 Å². The number of carbonyl (C=O) groups is 1. The highest BCUT2D eigenvalue weighted by Crippen LogP contribution is 2.27. The number of hydrogen-bond donors (Lipinski definition) is 1. The molecule has 1 N–H and O–H groups in total. The Balaban J connectivity index is 1.38. The molecule has 0 spiro atoms. The summed E-state index contributed by atoms with van der Waals surface area (Å²) >= 11 is 2.74. The molecule has 1 amide bonds. The van der Waals surface area contributed by atoms with Crippen LogP contribution in [0.3, 0.4) is 0 Å². The number of nitrogens with zero attached hydrogens (tertiary/aromatic N) is 5. The van der Waals surface area contributed by atoms with E-state index in [1.54, 1.807) is 18.4 Å². The number of aromatic nitrogens is 5. The number of rotatable bonds is 9. The number of thioether (sulfide) groups is 1. The van der Waals surface area contributed by atoms with Crippen LogP contribution in [0, 0.1) is 0 Å². The molecule has 0 saturated carbocycles. The summed E-state index contributed by atoms with van der Waals surface area (Å²) in [6, 6.07) is 13.4. The van der Waals surface area contributed by atoms with Gasteiger partial charge >= 0.3 is 0 Å². The van der Waals surface area contributed by atoms with Gasteiger partial charge in [0.05, 0.1) is 12.0 Å². The van der Waals surface area contributed by atoms with E-state index < -0.39 is 0 Å². The van der Waals surface area contributed by atoms with Crippen molar-refractivity contribution in [2.75, 3.05) is 0 Å². The van der Waals surface area contributed by atoms with Crippen molar-refractivity contribution in [3.05, 3.63) is 77.0 Å². The Hall–Kier alpha value is -3.24. The van der Waals surface area contributed by atoms with E-state index in [-0.39, 0.29) is 5.91 Å². The molecule has 4 rings (SSSR count). The molecule has 0 fully saturated rings. The van der Waals surface area contributed by atoms with Gasteiger partial charge in [0.2, 0.25) is 10.8 Å². The smallest absolute Gasteiger partial charge is 0.282 e. The average molecular weight is 439 g/mol. The summed E-state index contributed by atoms with van der Waals surface area (Å²) in [5.74, 6) is 1.57. The lowest BCUT2D eigenvalue weighted by Gasteiger charge is -2.05. The molecule has 0 saturated heterocycles. The Morgan fingerprint density at radius 3 is 2.80 bits per heavy atom. The van der Waals surface area contributed by atoms with Gasteiger partial charge in [-0.25, -0.2) is 0 Å². The summed E-state index contributed by atoms with van der Waals surface area (Å²) in [7, 11) is 0. The molecule has 3 heterocycles. The lowest BCUT2D eigenvalue weighted by Crippen LogP contribution is -2.22. The fourth-order valence-corrected chi connectivity index (χ4v) is 4.35. The highest BCUT2D eigenvalue weighted by Gasteiger charge is 2.17. The van der Waals surface area contributed by atoms with Gasteiger partial charge in [0, 0.05) is 13.1 Å². The predicted octanol–water partition coefficient (Wildman–Crippen LogP) is 3.80. The molecular weight excluding hydrogens is 420 g/mol. The van der Waals surface area contributed by atoms with Crippen LogP contribution in [0.1, 0.15) is 20.4 Å². The van der Waals surface area contributed by atoms with Gasteiger partial charge < -0.3 is 9.73 Å². The molecular formula is C20H18N6O2S2. The van der Waals surface area contributed by atoms with Crippen molar-refractivity contribution in [1.82, 2.24) is 30.3 Å². The van der Waals surface area contributed by atoms with E-state index in [1.807, 2.05) is 41.0 Å². The predicted molar refractivity (Wildman–Crippen MR) is 115 cm³/mol. The van der Waals surface area contributed by atoms with E-state index in [1.165, 1.54) is 23.1 Å². The molecule has 0 unspecified atom stereocenters. The first kappa shape index (κ1) is 20.0. The number of nitrogens with one attached hydrogen (secondary N) is 1. The van der Waals surface area contributed by atoms with E-state index >= 15 is 0 Å². The number of allylic oxidation sites excluding steroid dienone is 1. The molecule has 0 aliphatic carbocycles. The second kappa shape index (κ2) is 9.51. The van der Waals surface area contributed by atoms with Crippen LogP contribution in [0.5, 0.6) is 0 Å². The van der Waals surface area contributed by atoms with Gasteiger partial charge in [-0.2, -0.15) is 0 Å². The zero-order chi connectivity index (χ0) is 20.8. The third kappa shape index (κ3) is 4.66. The van der Waals surface area contributed by atoms with Gasteiger partial charge in [-0.05, 0) is 17.7 Å². The van der Waals surface area contributed by atoms with Gasteiger partial charge in [-0.15, -0.1) is 27.0 Å². The van der Waals surface area contributed by atoms with Gasteiger partial charge in [0.25, 0.3) is 5.91 Å². The lowest BCUT2D eigenvalue weighted by atomic mass is 10.2. The minimum absolute atomic E-state index is 0.234. The summed E-state index contributed by atoms with van der Waals surface area (Å²) < 4.78 is 7.36. The van der Waals surface area contributed by atoms with E-state index in [0.29, 0.717) is 40.6 Å². The Morgan fingerprint density at radius 2 is 2.03 bits per heavy atom. The van der Waals surface area contributed by atoms with Crippen molar-refractivity contribution >= 4 is 29.0 Å². The van der Waals surface area contributed by atoms with Crippen molar-refractivity contribution < 1.29 is 9.21 Å². The number of amides is 1. The maximum atomic E-state index is 12.3. The van der Waals surface area contributed by atoms with Crippen LogP contribution in [0.2, 0.25) is 0 Å². The molecule has 8 nitrogen and oxygen atoms in total. The van der Waals surface area contributed by atoms with Crippen LogP contribution < -0.4 is 5.32 Å². The number of carbonyl (C=O) groups excluding carboxylic acids is 1. The fraction of sp³-hybridized carbons (Fsp3) is 0.150. The highest BCUT2D eigenvalue weighted by atomic mass is 32.2. The quantitative estimate of drug-likeness (QED) is 0.313. The van der Waals surface area contributed by atoms with Gasteiger partial charge in [-0.3, -0.25) is 9.36 Å². The summed E-state index contributed by atoms with van der Waals surface area (Å²) in [4.78, 5) is 12.3. The minimum atomic E-state index is -0.234. The molecule has 30 heavy (non-hydrogen) atoms. The van der Waals surface area contributed by atoms with Crippen LogP contribution in [0.4, 0.5) is 0 Å². The lowest BCUT2D eigenvalue weighted by molar-refractivity contribution is 0.0950. The molecule has 0 aliphatic rings. The second-order valence-corrected chi connectivity index (χ2v) is 8.15. The SMILES string of the molecule is C=CCn1c(SCc2nnc(C(=O)NCc3ccccc3)s2)nnc1-c1ccco1. The summed E-state index contributed by atoms with van der Waals surface area (Å²) in [5, 5.41) is 21.3. The molecule has 152 valence electrons. The average Bonchev–Trinajstić information content (AvgIpc) is 3.52. The number of benzene rings is 1. The highest BCUT2D eigenvalue weighted by molar-refractivity contribution is 7.98. The molecule has 1 aromatic carbocycles. The Labute approximate surface area is 181 Å². The van der Waals surface area contributed by atoms with Gasteiger partial charge in [-0.1, -0.05) is 59.5 Å². The summed E-state index contributed by atoms with van der Waals surface area (Å²) in [5.41, 5.74) is 1.03. The zero-order valence-corrected chi connectivity index (χ0v) is 17.5. The first-order valence-corrected chi connectivity index (χ1v) is 10.9. The van der Waals surface area contributed by atoms with E-state index in [2.05, 4.69) is 32.3 Å². The third-order valence-corrected chi connectivity index (χ3v) is 6.13. The van der Waals surface area contributed by atoms with E-state index in [0.717, 1.165) is 10.6 Å². The van der Waals surface area contributed by atoms with E-state index in [4.69, 9.17) is 4.42 Å². The largest absolute Gasteiger partial charge is 0.461 e. The maximum Gasteiger partial charge on any atom is 0.282 e. The van der Waals surface area contributed by atoms with Crippen molar-refractivity contribution in [3.63, 3.8) is 0 Å². The van der Waals surface area contributed by atoms with Crippen LogP contribution in [0.25, 0.3) is 11.6 Å². The molecule has 0 aliphatic heterocycles. The van der Waals surface area contributed by atoms with Crippen molar-refractivity contribution in [2.45, 2.75) is 24.0 Å². The fourth-order valence-electron chi connectivity index (χ4n) is 2.66. The third-order valence-electron chi connectivity index (χ3n) is 4.05.